The van der Waals surface area contributed by atoms with Gasteiger partial charge in [-0.15, -0.1) is 0 Å². The van der Waals surface area contributed by atoms with Crippen LogP contribution in [0.25, 0.3) is 10.3 Å². The fourth-order valence-corrected chi connectivity index (χ4v) is 2.13. The van der Waals surface area contributed by atoms with E-state index < -0.39 is 0 Å². The highest BCUT2D eigenvalue weighted by molar-refractivity contribution is 7.16. The number of hydrogen-bond acceptors (Lipinski definition) is 5. The van der Waals surface area contributed by atoms with Crippen molar-refractivity contribution in [2.24, 2.45) is 5.73 Å². The maximum Gasteiger partial charge on any atom is 0.396 e. The van der Waals surface area contributed by atoms with Crippen LogP contribution in [0.2, 0.25) is 0 Å². The molecular formula is C10H11NO3S. The second-order valence-electron chi connectivity index (χ2n) is 3.27. The first kappa shape index (κ1) is 10.2. The van der Waals surface area contributed by atoms with Crippen LogP contribution < -0.4 is 10.7 Å². The van der Waals surface area contributed by atoms with E-state index in [1.165, 1.54) is 0 Å². The van der Waals surface area contributed by atoms with Crippen molar-refractivity contribution >= 4 is 21.6 Å². The molecule has 15 heavy (non-hydrogen) atoms. The molecule has 0 saturated carbocycles. The average molecular weight is 225 g/mol. The molecule has 0 spiro atoms. The summed E-state index contributed by atoms with van der Waals surface area (Å²) in [6.45, 7) is 0.574. The van der Waals surface area contributed by atoms with Crippen molar-refractivity contribution in [1.82, 2.24) is 0 Å². The van der Waals surface area contributed by atoms with Crippen molar-refractivity contribution in [3.05, 3.63) is 27.4 Å². The van der Waals surface area contributed by atoms with Crippen LogP contribution in [-0.2, 0) is 6.42 Å². The van der Waals surface area contributed by atoms with Gasteiger partial charge in [-0.3, -0.25) is 0 Å². The summed E-state index contributed by atoms with van der Waals surface area (Å²) in [6.07, 6.45) is 1.49. The van der Waals surface area contributed by atoms with Gasteiger partial charge in [0.25, 0.3) is 0 Å². The van der Waals surface area contributed by atoms with E-state index in [1.807, 2.05) is 0 Å². The molecule has 1 aromatic heterocycles. The van der Waals surface area contributed by atoms with Crippen LogP contribution in [0, 0.1) is 0 Å². The van der Waals surface area contributed by atoms with Crippen LogP contribution in [0.5, 0.6) is 5.75 Å². The van der Waals surface area contributed by atoms with Gasteiger partial charge in [0.15, 0.2) is 0 Å². The highest BCUT2D eigenvalue weighted by Crippen LogP contribution is 2.27. The van der Waals surface area contributed by atoms with Crippen LogP contribution in [-0.4, -0.2) is 11.7 Å². The topological polar surface area (TPSA) is 76.5 Å². The van der Waals surface area contributed by atoms with Crippen LogP contribution in [0.3, 0.4) is 0 Å². The summed E-state index contributed by atoms with van der Waals surface area (Å²) >= 11 is 0.992. The molecule has 1 heterocycles. The first-order chi connectivity index (χ1) is 7.20. The van der Waals surface area contributed by atoms with Gasteiger partial charge in [-0.05, 0) is 31.0 Å². The number of phenols is 1. The van der Waals surface area contributed by atoms with E-state index in [0.29, 0.717) is 23.2 Å². The number of aromatic hydroxyl groups is 1. The molecule has 2 rings (SSSR count). The van der Waals surface area contributed by atoms with Gasteiger partial charge in [0.1, 0.15) is 11.3 Å². The molecule has 0 radical (unpaired) electrons. The number of phenolic OH excluding ortho intramolecular Hbond substituents is 1. The minimum absolute atomic E-state index is 0.202. The largest absolute Gasteiger partial charge is 0.508 e. The minimum Gasteiger partial charge on any atom is -0.508 e. The van der Waals surface area contributed by atoms with Gasteiger partial charge in [-0.25, -0.2) is 4.79 Å². The van der Waals surface area contributed by atoms with Gasteiger partial charge in [0, 0.05) is 6.07 Å². The molecule has 0 aliphatic rings. The van der Waals surface area contributed by atoms with Crippen LogP contribution in [0.4, 0.5) is 0 Å². The lowest BCUT2D eigenvalue weighted by Crippen LogP contribution is -2.00. The maximum atomic E-state index is 11.0. The molecule has 2 aromatic rings. The zero-order chi connectivity index (χ0) is 10.8. The molecular weight excluding hydrogens is 214 g/mol. The normalized spacial score (nSPS) is 11.0. The van der Waals surface area contributed by atoms with E-state index in [1.54, 1.807) is 12.1 Å². The van der Waals surface area contributed by atoms with Crippen molar-refractivity contribution in [3.63, 3.8) is 0 Å². The number of fused-ring (bicyclic) bond motifs is 1. The van der Waals surface area contributed by atoms with Gasteiger partial charge >= 0.3 is 4.94 Å². The van der Waals surface area contributed by atoms with Gasteiger partial charge in [-0.2, -0.15) is 0 Å². The molecule has 5 heteroatoms. The van der Waals surface area contributed by atoms with Crippen molar-refractivity contribution in [3.8, 4) is 5.75 Å². The number of rotatable bonds is 3. The van der Waals surface area contributed by atoms with Gasteiger partial charge in [0.2, 0.25) is 0 Å². The molecule has 0 fully saturated rings. The molecule has 0 atom stereocenters. The molecule has 0 saturated heterocycles. The lowest BCUT2D eigenvalue weighted by Gasteiger charge is -2.02. The Bertz CT molecular complexity index is 529. The molecule has 0 unspecified atom stereocenters. The lowest BCUT2D eigenvalue weighted by molar-refractivity contribution is 0.467. The van der Waals surface area contributed by atoms with Crippen LogP contribution in [0.1, 0.15) is 12.0 Å². The van der Waals surface area contributed by atoms with Gasteiger partial charge < -0.3 is 15.3 Å². The predicted molar refractivity (Wildman–Crippen MR) is 59.4 cm³/mol. The van der Waals surface area contributed by atoms with Crippen molar-refractivity contribution in [2.45, 2.75) is 12.8 Å². The Morgan fingerprint density at radius 3 is 3.00 bits per heavy atom. The zero-order valence-electron chi connectivity index (χ0n) is 8.03. The third-order valence-corrected chi connectivity index (χ3v) is 2.97. The van der Waals surface area contributed by atoms with Gasteiger partial charge in [-0.1, -0.05) is 11.3 Å². The smallest absolute Gasteiger partial charge is 0.396 e. The minimum atomic E-state index is -0.347. The Kier molecular flexibility index (Phi) is 2.75. The summed E-state index contributed by atoms with van der Waals surface area (Å²) in [7, 11) is 0. The van der Waals surface area contributed by atoms with Gasteiger partial charge in [0.05, 0.1) is 4.70 Å². The standard InChI is InChI=1S/C10H11NO3S/c11-3-1-2-6-4-8-9(5-7(6)12)15-10(13)14-8/h4-5,12H,1-3,11H2. The predicted octanol–water partition coefficient (Wildman–Crippen LogP) is 1.45. The van der Waals surface area contributed by atoms with E-state index >= 15 is 0 Å². The van der Waals surface area contributed by atoms with Crippen LogP contribution >= 0.6 is 11.3 Å². The Balaban J connectivity index is 2.46. The summed E-state index contributed by atoms with van der Waals surface area (Å²) in [5.74, 6) is 0.202. The number of aryl methyl sites for hydroxylation is 1. The molecule has 3 N–H and O–H groups in total. The summed E-state index contributed by atoms with van der Waals surface area (Å²) in [6, 6.07) is 3.27. The Morgan fingerprint density at radius 1 is 1.47 bits per heavy atom. The molecule has 80 valence electrons. The fraction of sp³-hybridized carbons (Fsp3) is 0.300. The Hall–Kier alpha value is -1.33. The third kappa shape index (κ3) is 2.03. The van der Waals surface area contributed by atoms with Crippen LogP contribution in [0.15, 0.2) is 21.3 Å². The van der Waals surface area contributed by atoms with E-state index in [0.717, 1.165) is 23.3 Å². The van der Waals surface area contributed by atoms with E-state index in [4.69, 9.17) is 10.2 Å². The van der Waals surface area contributed by atoms with E-state index in [2.05, 4.69) is 0 Å². The molecule has 4 nitrogen and oxygen atoms in total. The summed E-state index contributed by atoms with van der Waals surface area (Å²) in [4.78, 5) is 10.6. The SMILES string of the molecule is NCCCc1cc2oc(=O)sc2cc1O. The highest BCUT2D eigenvalue weighted by Gasteiger charge is 2.08. The quantitative estimate of drug-likeness (QED) is 0.829. The molecule has 0 aliphatic carbocycles. The first-order valence-corrected chi connectivity index (χ1v) is 5.48. The number of nitrogens with two attached hydrogens (primary N) is 1. The van der Waals surface area contributed by atoms with E-state index in [-0.39, 0.29) is 10.7 Å². The van der Waals surface area contributed by atoms with Crippen molar-refractivity contribution in [2.75, 3.05) is 6.54 Å². The highest BCUT2D eigenvalue weighted by atomic mass is 32.1. The van der Waals surface area contributed by atoms with Crippen molar-refractivity contribution < 1.29 is 9.52 Å². The summed E-state index contributed by atoms with van der Waals surface area (Å²) in [5, 5.41) is 9.67. The second-order valence-corrected chi connectivity index (χ2v) is 4.25. The maximum absolute atomic E-state index is 11.0. The monoisotopic (exact) mass is 225 g/mol. The fourth-order valence-electron chi connectivity index (χ4n) is 1.44. The lowest BCUT2D eigenvalue weighted by atomic mass is 10.1. The number of hydrogen-bond donors (Lipinski definition) is 2. The molecule has 0 amide bonds. The Labute approximate surface area is 89.9 Å². The first-order valence-electron chi connectivity index (χ1n) is 4.66. The average Bonchev–Trinajstić information content (AvgIpc) is 2.53. The van der Waals surface area contributed by atoms with Crippen molar-refractivity contribution in [1.29, 1.82) is 0 Å². The summed E-state index contributed by atoms with van der Waals surface area (Å²) in [5.41, 5.74) is 6.70. The Morgan fingerprint density at radius 2 is 2.27 bits per heavy atom. The molecule has 0 aliphatic heterocycles. The molecule has 1 aromatic carbocycles. The molecule has 0 bridgehead atoms. The third-order valence-electron chi connectivity index (χ3n) is 2.18. The zero-order valence-corrected chi connectivity index (χ0v) is 8.84. The second kappa shape index (κ2) is 4.04. The van der Waals surface area contributed by atoms with E-state index in [9.17, 15) is 9.90 Å². The summed E-state index contributed by atoms with van der Waals surface area (Å²) < 4.78 is 5.64. The number of benzene rings is 1.